The summed E-state index contributed by atoms with van der Waals surface area (Å²) in [6.45, 7) is 3.75. The van der Waals surface area contributed by atoms with Crippen LogP contribution in [0.1, 0.15) is 36.3 Å². The molecule has 3 nitrogen and oxygen atoms in total. The highest BCUT2D eigenvalue weighted by atomic mass is 32.1. The molecule has 2 aromatic rings. The number of aromatic nitrogens is 1. The molecule has 7 heteroatoms. The Balaban J connectivity index is 2.06. The average molecular weight is 342 g/mol. The summed E-state index contributed by atoms with van der Waals surface area (Å²) in [5, 5.41) is 3.19. The second-order valence-corrected chi connectivity index (χ2v) is 6.42. The molecule has 2 rings (SSSR count). The molecule has 1 atom stereocenters. The van der Waals surface area contributed by atoms with Crippen LogP contribution in [0.4, 0.5) is 18.3 Å². The number of carbonyl (C=O) groups is 1. The maximum absolute atomic E-state index is 12.7. The molecule has 0 spiro atoms. The first-order valence-corrected chi connectivity index (χ1v) is 8.03. The molecule has 0 saturated carbocycles. The average Bonchev–Trinajstić information content (AvgIpc) is 2.92. The van der Waals surface area contributed by atoms with Gasteiger partial charge >= 0.3 is 6.18 Å². The second kappa shape index (κ2) is 7.12. The molecule has 0 aliphatic heterocycles. The van der Waals surface area contributed by atoms with Crippen LogP contribution in [0.3, 0.4) is 0 Å². The van der Waals surface area contributed by atoms with Crippen LogP contribution < -0.4 is 5.32 Å². The summed E-state index contributed by atoms with van der Waals surface area (Å²) in [7, 11) is 0. The summed E-state index contributed by atoms with van der Waals surface area (Å²) in [6.07, 6.45) is -1.69. The highest BCUT2D eigenvalue weighted by molar-refractivity contribution is 7.15. The molecule has 0 radical (unpaired) electrons. The molecule has 0 bridgehead atoms. The van der Waals surface area contributed by atoms with Gasteiger partial charge in [-0.25, -0.2) is 4.98 Å². The zero-order valence-electron chi connectivity index (χ0n) is 12.8. The number of nitrogens with zero attached hydrogens (tertiary/aromatic N) is 1. The van der Waals surface area contributed by atoms with Crippen molar-refractivity contribution in [2.24, 2.45) is 5.92 Å². The van der Waals surface area contributed by atoms with Gasteiger partial charge in [-0.1, -0.05) is 32.0 Å². The largest absolute Gasteiger partial charge is 0.416 e. The fraction of sp³-hybridized carbons (Fsp3) is 0.375. The van der Waals surface area contributed by atoms with Crippen molar-refractivity contribution in [1.82, 2.24) is 4.98 Å². The Morgan fingerprint density at radius 2 is 2.13 bits per heavy atom. The summed E-state index contributed by atoms with van der Waals surface area (Å²) in [5.41, 5.74) is -0.104. The Morgan fingerprint density at radius 3 is 2.78 bits per heavy atom. The molecule has 23 heavy (non-hydrogen) atoms. The number of carbonyl (C=O) groups excluding carboxylic acids is 1. The standard InChI is InChI=1S/C16H17F3N2OS/c1-3-10(2)14(22)21-15-20-9-13(23-15)8-11-5-4-6-12(7-11)16(17,18)19/h4-7,9-10H,3,8H2,1-2H3,(H,20,21,22)/t10-/m1/s1. The van der Waals surface area contributed by atoms with Gasteiger partial charge in [-0.2, -0.15) is 13.2 Å². The molecule has 1 aromatic carbocycles. The van der Waals surface area contributed by atoms with E-state index in [1.165, 1.54) is 17.4 Å². The molecule has 0 aliphatic rings. The third-order valence-corrected chi connectivity index (χ3v) is 4.39. The van der Waals surface area contributed by atoms with Crippen molar-refractivity contribution in [3.8, 4) is 0 Å². The molecule has 1 heterocycles. The molecule has 124 valence electrons. The van der Waals surface area contributed by atoms with Crippen LogP contribution in [0.15, 0.2) is 30.5 Å². The molecule has 0 unspecified atom stereocenters. The van der Waals surface area contributed by atoms with Crippen LogP contribution in [-0.4, -0.2) is 10.9 Å². The van der Waals surface area contributed by atoms with Gasteiger partial charge in [0.2, 0.25) is 5.91 Å². The molecule has 0 fully saturated rings. The molecule has 0 saturated heterocycles. The van der Waals surface area contributed by atoms with E-state index in [0.717, 1.165) is 23.4 Å². The number of anilines is 1. The summed E-state index contributed by atoms with van der Waals surface area (Å²) >= 11 is 1.27. The van der Waals surface area contributed by atoms with E-state index in [4.69, 9.17) is 0 Å². The Morgan fingerprint density at radius 1 is 1.39 bits per heavy atom. The van der Waals surface area contributed by atoms with Gasteiger partial charge in [0.05, 0.1) is 5.56 Å². The van der Waals surface area contributed by atoms with Gasteiger partial charge < -0.3 is 5.32 Å². The number of amides is 1. The van der Waals surface area contributed by atoms with Gasteiger partial charge in [-0.15, -0.1) is 11.3 Å². The highest BCUT2D eigenvalue weighted by Crippen LogP contribution is 2.30. The molecular formula is C16H17F3N2OS. The van der Waals surface area contributed by atoms with E-state index in [-0.39, 0.29) is 11.8 Å². The van der Waals surface area contributed by atoms with Crippen molar-refractivity contribution in [2.45, 2.75) is 32.9 Å². The number of hydrogen-bond acceptors (Lipinski definition) is 3. The van der Waals surface area contributed by atoms with E-state index in [1.54, 1.807) is 12.3 Å². The minimum Gasteiger partial charge on any atom is -0.302 e. The van der Waals surface area contributed by atoms with Crippen LogP contribution in [-0.2, 0) is 17.4 Å². The number of halogens is 3. The Kier molecular flexibility index (Phi) is 5.41. The third-order valence-electron chi connectivity index (χ3n) is 3.48. The number of alkyl halides is 3. The van der Waals surface area contributed by atoms with Gasteiger partial charge in [0.25, 0.3) is 0 Å². The van der Waals surface area contributed by atoms with Crippen molar-refractivity contribution >= 4 is 22.4 Å². The van der Waals surface area contributed by atoms with E-state index in [0.29, 0.717) is 17.1 Å². The lowest BCUT2D eigenvalue weighted by atomic mass is 10.1. The first-order chi connectivity index (χ1) is 10.8. The summed E-state index contributed by atoms with van der Waals surface area (Å²) in [5.74, 6) is -0.210. The highest BCUT2D eigenvalue weighted by Gasteiger charge is 2.30. The van der Waals surface area contributed by atoms with Crippen LogP contribution in [0.5, 0.6) is 0 Å². The monoisotopic (exact) mass is 342 g/mol. The van der Waals surface area contributed by atoms with Crippen molar-refractivity contribution in [3.05, 3.63) is 46.5 Å². The second-order valence-electron chi connectivity index (χ2n) is 5.31. The Bertz CT molecular complexity index is 682. The van der Waals surface area contributed by atoms with Crippen LogP contribution in [0.2, 0.25) is 0 Å². The normalized spacial score (nSPS) is 12.9. The lowest BCUT2D eigenvalue weighted by Gasteiger charge is -2.08. The van der Waals surface area contributed by atoms with Crippen LogP contribution >= 0.6 is 11.3 Å². The topological polar surface area (TPSA) is 42.0 Å². The van der Waals surface area contributed by atoms with Gasteiger partial charge in [-0.05, 0) is 18.1 Å². The third kappa shape index (κ3) is 4.79. The Labute approximate surface area is 136 Å². The Hall–Kier alpha value is -1.89. The number of rotatable bonds is 5. The smallest absolute Gasteiger partial charge is 0.302 e. The van der Waals surface area contributed by atoms with Gasteiger partial charge in [0.1, 0.15) is 0 Å². The first-order valence-electron chi connectivity index (χ1n) is 7.21. The molecule has 1 N–H and O–H groups in total. The van der Waals surface area contributed by atoms with Gasteiger partial charge in [0, 0.05) is 23.4 Å². The molecule has 1 amide bonds. The number of nitrogens with one attached hydrogen (secondary N) is 1. The zero-order chi connectivity index (χ0) is 17.0. The minimum atomic E-state index is -4.35. The van der Waals surface area contributed by atoms with Crippen molar-refractivity contribution in [3.63, 3.8) is 0 Å². The molecular weight excluding hydrogens is 325 g/mol. The van der Waals surface area contributed by atoms with Gasteiger partial charge in [0.15, 0.2) is 5.13 Å². The van der Waals surface area contributed by atoms with Crippen LogP contribution in [0, 0.1) is 5.92 Å². The molecule has 0 aliphatic carbocycles. The van der Waals surface area contributed by atoms with E-state index < -0.39 is 11.7 Å². The van der Waals surface area contributed by atoms with Crippen molar-refractivity contribution in [2.75, 3.05) is 5.32 Å². The number of benzene rings is 1. The van der Waals surface area contributed by atoms with E-state index in [2.05, 4.69) is 10.3 Å². The summed E-state index contributed by atoms with van der Waals surface area (Å²) < 4.78 is 38.1. The van der Waals surface area contributed by atoms with E-state index in [1.807, 2.05) is 13.8 Å². The quantitative estimate of drug-likeness (QED) is 0.853. The van der Waals surface area contributed by atoms with Crippen molar-refractivity contribution in [1.29, 1.82) is 0 Å². The zero-order valence-corrected chi connectivity index (χ0v) is 13.6. The van der Waals surface area contributed by atoms with E-state index in [9.17, 15) is 18.0 Å². The number of thiazole rings is 1. The molecule has 1 aromatic heterocycles. The maximum Gasteiger partial charge on any atom is 0.416 e. The van der Waals surface area contributed by atoms with E-state index >= 15 is 0 Å². The lowest BCUT2D eigenvalue weighted by Crippen LogP contribution is -2.19. The SMILES string of the molecule is CC[C@@H](C)C(=O)Nc1ncc(Cc2cccc(C(F)(F)F)c2)s1. The predicted octanol–water partition coefficient (Wildman–Crippen LogP) is 4.74. The number of hydrogen-bond donors (Lipinski definition) is 1. The van der Waals surface area contributed by atoms with Crippen molar-refractivity contribution < 1.29 is 18.0 Å². The summed E-state index contributed by atoms with van der Waals surface area (Å²) in [6, 6.07) is 5.22. The summed E-state index contributed by atoms with van der Waals surface area (Å²) in [4.78, 5) is 16.7. The predicted molar refractivity (Wildman–Crippen MR) is 84.4 cm³/mol. The fourth-order valence-corrected chi connectivity index (χ4v) is 2.77. The minimum absolute atomic E-state index is 0.104. The fourth-order valence-electron chi connectivity index (χ4n) is 1.92. The lowest BCUT2D eigenvalue weighted by molar-refractivity contribution is -0.137. The first kappa shape index (κ1) is 17.5. The van der Waals surface area contributed by atoms with Gasteiger partial charge in [-0.3, -0.25) is 4.79 Å². The maximum atomic E-state index is 12.7. The van der Waals surface area contributed by atoms with Crippen LogP contribution in [0.25, 0.3) is 0 Å².